The highest BCUT2D eigenvalue weighted by Crippen LogP contribution is 2.37. The van der Waals surface area contributed by atoms with E-state index in [9.17, 15) is 0 Å². The molecule has 0 aliphatic rings. The van der Waals surface area contributed by atoms with Crippen LogP contribution in [0.5, 0.6) is 0 Å². The van der Waals surface area contributed by atoms with E-state index in [1.54, 1.807) is 12.4 Å². The molecule has 0 N–H and O–H groups in total. The van der Waals surface area contributed by atoms with Gasteiger partial charge < -0.3 is 8.98 Å². The molecule has 0 atom stereocenters. The minimum absolute atomic E-state index is 0.700. The Kier molecular flexibility index (Phi) is 5.83. The van der Waals surface area contributed by atoms with Gasteiger partial charge in [-0.05, 0) is 72.8 Å². The van der Waals surface area contributed by atoms with Crippen molar-refractivity contribution in [3.63, 3.8) is 0 Å². The van der Waals surface area contributed by atoms with Crippen LogP contribution in [0.1, 0.15) is 0 Å². The van der Waals surface area contributed by atoms with E-state index in [1.165, 1.54) is 16.3 Å². The fourth-order valence-corrected chi connectivity index (χ4v) is 7.53. The third-order valence-corrected chi connectivity index (χ3v) is 9.84. The van der Waals surface area contributed by atoms with Gasteiger partial charge in [-0.3, -0.25) is 9.55 Å². The summed E-state index contributed by atoms with van der Waals surface area (Å²) in [6, 6.07) is 50.3. The average molecular weight is 655 g/mol. The zero-order valence-electron chi connectivity index (χ0n) is 27.1. The van der Waals surface area contributed by atoms with Crippen molar-refractivity contribution < 1.29 is 4.42 Å². The summed E-state index contributed by atoms with van der Waals surface area (Å²) in [6.07, 6.45) is 3.48. The molecule has 238 valence electrons. The Morgan fingerprint density at radius 3 is 1.65 bits per heavy atom. The molecule has 6 heterocycles. The fraction of sp³-hybridized carbons (Fsp3) is 0. The lowest BCUT2D eigenvalue weighted by atomic mass is 10.1. The molecule has 0 saturated heterocycles. The molecule has 51 heavy (non-hydrogen) atoms. The lowest BCUT2D eigenvalue weighted by Crippen LogP contribution is -1.95. The maximum atomic E-state index is 6.26. The maximum absolute atomic E-state index is 6.26. The second-order valence-electron chi connectivity index (χ2n) is 12.7. The number of pyridine rings is 2. The van der Waals surface area contributed by atoms with E-state index >= 15 is 0 Å². The predicted octanol–water partition coefficient (Wildman–Crippen LogP) is 10.7. The predicted molar refractivity (Wildman–Crippen MR) is 204 cm³/mol. The van der Waals surface area contributed by atoms with Crippen molar-refractivity contribution in [1.29, 1.82) is 0 Å². The molecule has 7 nitrogen and oxygen atoms in total. The number of para-hydroxylation sites is 3. The Morgan fingerprint density at radius 1 is 0.412 bits per heavy atom. The Hall–Kier alpha value is -7.12. The van der Waals surface area contributed by atoms with Gasteiger partial charge in [0.05, 0.1) is 27.9 Å². The fourth-order valence-electron chi connectivity index (χ4n) is 7.53. The summed E-state index contributed by atoms with van der Waals surface area (Å²) in [7, 11) is 0. The third kappa shape index (κ3) is 4.18. The van der Waals surface area contributed by atoms with Crippen molar-refractivity contribution in [2.45, 2.75) is 0 Å². The van der Waals surface area contributed by atoms with Gasteiger partial charge in [0.2, 0.25) is 0 Å². The van der Waals surface area contributed by atoms with Crippen molar-refractivity contribution in [3.8, 4) is 33.9 Å². The molecular formula is C44H26N6O. The molecule has 0 fully saturated rings. The summed E-state index contributed by atoms with van der Waals surface area (Å²) in [5, 5.41) is 3.46. The summed E-state index contributed by atoms with van der Waals surface area (Å²) in [5.41, 5.74) is 13.7. The largest absolute Gasteiger partial charge is 0.453 e. The number of nitrogens with zero attached hydrogens (tertiary/aromatic N) is 6. The molecular weight excluding hydrogens is 629 g/mol. The van der Waals surface area contributed by atoms with E-state index in [0.717, 1.165) is 72.5 Å². The molecule has 0 amide bonds. The van der Waals surface area contributed by atoms with Crippen LogP contribution in [0.25, 0.3) is 100.0 Å². The van der Waals surface area contributed by atoms with E-state index in [4.69, 9.17) is 19.4 Å². The molecule has 0 bridgehead atoms. The van der Waals surface area contributed by atoms with Crippen molar-refractivity contribution in [3.05, 3.63) is 158 Å². The number of benzene rings is 5. The summed E-state index contributed by atoms with van der Waals surface area (Å²) >= 11 is 0. The number of fused-ring (bicyclic) bond motifs is 9. The first-order valence-corrected chi connectivity index (χ1v) is 16.9. The molecule has 11 rings (SSSR count). The maximum Gasteiger partial charge on any atom is 0.164 e. The van der Waals surface area contributed by atoms with E-state index in [2.05, 4.69) is 111 Å². The van der Waals surface area contributed by atoms with Crippen molar-refractivity contribution in [2.24, 2.45) is 0 Å². The van der Waals surface area contributed by atoms with Gasteiger partial charge in [-0.25, -0.2) is 15.0 Å². The summed E-state index contributed by atoms with van der Waals surface area (Å²) in [5.74, 6) is 0. The number of hydrogen-bond acceptors (Lipinski definition) is 5. The smallest absolute Gasteiger partial charge is 0.164 e. The molecule has 11 aromatic rings. The average Bonchev–Trinajstić information content (AvgIpc) is 3.85. The van der Waals surface area contributed by atoms with Gasteiger partial charge in [-0.2, -0.15) is 0 Å². The molecule has 0 aliphatic heterocycles. The van der Waals surface area contributed by atoms with Crippen molar-refractivity contribution >= 4 is 66.1 Å². The van der Waals surface area contributed by atoms with Crippen LogP contribution in [0.4, 0.5) is 0 Å². The number of aromatic nitrogens is 6. The first kappa shape index (κ1) is 27.8. The zero-order valence-corrected chi connectivity index (χ0v) is 27.1. The van der Waals surface area contributed by atoms with E-state index < -0.39 is 0 Å². The minimum Gasteiger partial charge on any atom is -0.453 e. The van der Waals surface area contributed by atoms with E-state index in [0.29, 0.717) is 11.2 Å². The Balaban J connectivity index is 1.07. The molecule has 5 aromatic carbocycles. The van der Waals surface area contributed by atoms with Crippen LogP contribution < -0.4 is 0 Å². The van der Waals surface area contributed by atoms with Gasteiger partial charge in [0.15, 0.2) is 16.8 Å². The molecule has 7 heteroatoms. The van der Waals surface area contributed by atoms with E-state index in [-0.39, 0.29) is 0 Å². The zero-order chi connectivity index (χ0) is 33.5. The van der Waals surface area contributed by atoms with Gasteiger partial charge in [0.1, 0.15) is 16.6 Å². The standard InChI is InChI=1S/C44H26N6O/c1-3-9-29(10-4-1)49-36-14-8-7-13-31(36)32-17-15-27(25-37(32)49)34-19-21-39-42(47-34)43-40(51-39)22-20-35(48-43)28-16-18-33-38(26-28)50(30-11-5-2-6-12-30)44-41(33)45-23-24-46-44/h1-26H. The molecule has 0 saturated carbocycles. The van der Waals surface area contributed by atoms with Crippen LogP contribution in [0.2, 0.25) is 0 Å². The highest BCUT2D eigenvalue weighted by atomic mass is 16.3. The van der Waals surface area contributed by atoms with Gasteiger partial charge in [0, 0.05) is 51.1 Å². The second-order valence-corrected chi connectivity index (χ2v) is 12.7. The van der Waals surface area contributed by atoms with Gasteiger partial charge >= 0.3 is 0 Å². The Morgan fingerprint density at radius 2 is 0.961 bits per heavy atom. The number of rotatable bonds is 4. The van der Waals surface area contributed by atoms with Gasteiger partial charge in [-0.15, -0.1) is 0 Å². The van der Waals surface area contributed by atoms with Crippen LogP contribution in [0.15, 0.2) is 162 Å². The topological polar surface area (TPSA) is 74.6 Å². The van der Waals surface area contributed by atoms with Crippen molar-refractivity contribution in [1.82, 2.24) is 29.1 Å². The van der Waals surface area contributed by atoms with E-state index in [1.807, 2.05) is 48.5 Å². The normalized spacial score (nSPS) is 11.9. The first-order chi connectivity index (χ1) is 25.3. The van der Waals surface area contributed by atoms with Crippen LogP contribution in [-0.4, -0.2) is 29.1 Å². The Labute approximate surface area is 290 Å². The highest BCUT2D eigenvalue weighted by Gasteiger charge is 2.18. The van der Waals surface area contributed by atoms with Gasteiger partial charge in [-0.1, -0.05) is 72.8 Å². The second kappa shape index (κ2) is 10.7. The third-order valence-electron chi connectivity index (χ3n) is 9.84. The first-order valence-electron chi connectivity index (χ1n) is 16.9. The minimum atomic E-state index is 0.700. The molecule has 0 spiro atoms. The van der Waals surface area contributed by atoms with Crippen LogP contribution in [-0.2, 0) is 0 Å². The molecule has 0 aliphatic carbocycles. The van der Waals surface area contributed by atoms with Crippen LogP contribution in [0, 0.1) is 0 Å². The quantitative estimate of drug-likeness (QED) is 0.189. The lowest BCUT2D eigenvalue weighted by Gasteiger charge is -2.08. The van der Waals surface area contributed by atoms with Crippen molar-refractivity contribution in [2.75, 3.05) is 0 Å². The van der Waals surface area contributed by atoms with Gasteiger partial charge in [0.25, 0.3) is 0 Å². The number of hydrogen-bond donors (Lipinski definition) is 0. The Bertz CT molecular complexity index is 2930. The SMILES string of the molecule is c1ccc(-n2c3ccccc3c3ccc(-c4ccc5oc6ccc(-c7ccc8c9nccnc9n(-c9ccccc9)c8c7)nc6c5n4)cc32)cc1. The van der Waals surface area contributed by atoms with Crippen LogP contribution in [0.3, 0.4) is 0 Å². The number of furan rings is 1. The summed E-state index contributed by atoms with van der Waals surface area (Å²) in [4.78, 5) is 19.7. The van der Waals surface area contributed by atoms with Crippen LogP contribution >= 0.6 is 0 Å². The molecule has 0 unspecified atom stereocenters. The monoisotopic (exact) mass is 654 g/mol. The lowest BCUT2D eigenvalue weighted by molar-refractivity contribution is 0.667. The molecule has 0 radical (unpaired) electrons. The molecule has 6 aromatic heterocycles. The summed E-state index contributed by atoms with van der Waals surface area (Å²) in [6.45, 7) is 0. The highest BCUT2D eigenvalue weighted by molar-refractivity contribution is 6.11. The summed E-state index contributed by atoms with van der Waals surface area (Å²) < 4.78 is 10.7.